The van der Waals surface area contributed by atoms with Crippen LogP contribution in [0.15, 0.2) is 5.16 Å². The van der Waals surface area contributed by atoms with Crippen molar-refractivity contribution in [1.82, 2.24) is 0 Å². The van der Waals surface area contributed by atoms with Gasteiger partial charge in [0.1, 0.15) is 0 Å². The molecule has 0 aliphatic rings. The molecule has 0 atom stereocenters. The monoisotopic (exact) mass is 245 g/mol. The number of hydrogen-bond acceptors (Lipinski definition) is 7. The van der Waals surface area contributed by atoms with Gasteiger partial charge in [-0.25, -0.2) is 4.79 Å². The van der Waals surface area contributed by atoms with Gasteiger partial charge in [-0.3, -0.25) is 9.59 Å². The lowest BCUT2D eigenvalue weighted by Crippen LogP contribution is -2.27. The zero-order valence-electron chi connectivity index (χ0n) is 9.76. The number of oxime groups is 1. The molecule has 0 bridgehead atoms. The van der Waals surface area contributed by atoms with Crippen LogP contribution in [0.3, 0.4) is 0 Å². The van der Waals surface area contributed by atoms with E-state index in [4.69, 9.17) is 5.21 Å². The molecule has 0 rings (SSSR count). The van der Waals surface area contributed by atoms with Crippen molar-refractivity contribution < 1.29 is 29.1 Å². The highest BCUT2D eigenvalue weighted by Crippen LogP contribution is 1.98. The van der Waals surface area contributed by atoms with Crippen LogP contribution in [0.4, 0.5) is 0 Å². The van der Waals surface area contributed by atoms with Gasteiger partial charge in [0.15, 0.2) is 5.78 Å². The van der Waals surface area contributed by atoms with Crippen LogP contribution < -0.4 is 0 Å². The SMILES string of the molecule is CCOC(=O)CCC(=O)C(=NO)C(=O)OCC. The van der Waals surface area contributed by atoms with Crippen molar-refractivity contribution in [2.45, 2.75) is 26.7 Å². The van der Waals surface area contributed by atoms with Crippen molar-refractivity contribution in [3.8, 4) is 0 Å². The Balaban J connectivity index is 4.28. The summed E-state index contributed by atoms with van der Waals surface area (Å²) in [7, 11) is 0. The predicted molar refractivity (Wildman–Crippen MR) is 56.7 cm³/mol. The fourth-order valence-corrected chi connectivity index (χ4v) is 0.977. The second kappa shape index (κ2) is 8.26. The smallest absolute Gasteiger partial charge is 0.364 e. The lowest BCUT2D eigenvalue weighted by Gasteiger charge is -2.03. The Morgan fingerprint density at radius 3 is 2.12 bits per heavy atom. The summed E-state index contributed by atoms with van der Waals surface area (Å²) in [6.07, 6.45) is -0.442. The number of esters is 2. The van der Waals surface area contributed by atoms with E-state index in [9.17, 15) is 14.4 Å². The van der Waals surface area contributed by atoms with Gasteiger partial charge in [0.2, 0.25) is 5.71 Å². The summed E-state index contributed by atoms with van der Waals surface area (Å²) in [5, 5.41) is 11.1. The van der Waals surface area contributed by atoms with Gasteiger partial charge in [-0.15, -0.1) is 0 Å². The van der Waals surface area contributed by atoms with E-state index >= 15 is 0 Å². The first-order chi connectivity index (χ1) is 8.06. The number of Topliss-reactive ketones (excluding diaryl/α,β-unsaturated/α-hetero) is 1. The third kappa shape index (κ3) is 5.64. The molecule has 0 saturated heterocycles. The normalized spacial score (nSPS) is 10.8. The van der Waals surface area contributed by atoms with Crippen molar-refractivity contribution in [3.05, 3.63) is 0 Å². The Morgan fingerprint density at radius 2 is 1.65 bits per heavy atom. The van der Waals surface area contributed by atoms with E-state index in [-0.39, 0.29) is 26.1 Å². The molecular weight excluding hydrogens is 230 g/mol. The van der Waals surface area contributed by atoms with Crippen LogP contribution in [-0.4, -0.2) is 41.9 Å². The van der Waals surface area contributed by atoms with Crippen LogP contribution in [-0.2, 0) is 23.9 Å². The summed E-state index contributed by atoms with van der Waals surface area (Å²) in [4.78, 5) is 33.5. The van der Waals surface area contributed by atoms with Crippen molar-refractivity contribution in [2.75, 3.05) is 13.2 Å². The minimum atomic E-state index is -1.01. The second-order valence-electron chi connectivity index (χ2n) is 2.90. The van der Waals surface area contributed by atoms with Gasteiger partial charge in [0, 0.05) is 6.42 Å². The van der Waals surface area contributed by atoms with E-state index in [1.54, 1.807) is 13.8 Å². The van der Waals surface area contributed by atoms with E-state index < -0.39 is 23.4 Å². The Kier molecular flexibility index (Phi) is 7.32. The fourth-order valence-electron chi connectivity index (χ4n) is 0.977. The van der Waals surface area contributed by atoms with Gasteiger partial charge in [-0.05, 0) is 13.8 Å². The van der Waals surface area contributed by atoms with Crippen molar-refractivity contribution in [3.63, 3.8) is 0 Å². The molecule has 7 heteroatoms. The quantitative estimate of drug-likeness (QED) is 0.227. The second-order valence-corrected chi connectivity index (χ2v) is 2.90. The maximum Gasteiger partial charge on any atom is 0.364 e. The number of carbonyl (C=O) groups is 3. The highest BCUT2D eigenvalue weighted by Gasteiger charge is 2.23. The zero-order chi connectivity index (χ0) is 13.3. The first-order valence-electron chi connectivity index (χ1n) is 5.14. The molecule has 0 amide bonds. The van der Waals surface area contributed by atoms with E-state index in [0.29, 0.717) is 0 Å². The molecule has 0 aliphatic heterocycles. The summed E-state index contributed by atoms with van der Waals surface area (Å²) in [5.41, 5.74) is -0.712. The third-order valence-corrected chi connectivity index (χ3v) is 1.69. The summed E-state index contributed by atoms with van der Waals surface area (Å²) in [5.74, 6) is -2.33. The summed E-state index contributed by atoms with van der Waals surface area (Å²) < 4.78 is 9.11. The van der Waals surface area contributed by atoms with Crippen molar-refractivity contribution in [2.24, 2.45) is 5.16 Å². The molecule has 0 aromatic heterocycles. The first kappa shape index (κ1) is 15.1. The predicted octanol–water partition coefficient (Wildman–Crippen LogP) is 0.292. The number of nitrogens with zero attached hydrogens (tertiary/aromatic N) is 1. The number of carbonyl (C=O) groups excluding carboxylic acids is 3. The molecule has 0 unspecified atom stereocenters. The lowest BCUT2D eigenvalue weighted by atomic mass is 10.1. The number of ether oxygens (including phenoxy) is 2. The lowest BCUT2D eigenvalue weighted by molar-refractivity contribution is -0.144. The molecule has 96 valence electrons. The van der Waals surface area contributed by atoms with Gasteiger partial charge in [-0.2, -0.15) is 0 Å². The molecule has 0 spiro atoms. The molecule has 7 nitrogen and oxygen atoms in total. The summed E-state index contributed by atoms with van der Waals surface area (Å²) >= 11 is 0. The summed E-state index contributed by atoms with van der Waals surface area (Å²) in [6.45, 7) is 3.46. The molecule has 17 heavy (non-hydrogen) atoms. The van der Waals surface area contributed by atoms with Crippen LogP contribution >= 0.6 is 0 Å². The van der Waals surface area contributed by atoms with Crippen LogP contribution in [0.5, 0.6) is 0 Å². The first-order valence-corrected chi connectivity index (χ1v) is 5.14. The molecule has 0 saturated carbocycles. The average molecular weight is 245 g/mol. The highest BCUT2D eigenvalue weighted by atomic mass is 16.5. The van der Waals surface area contributed by atoms with Crippen molar-refractivity contribution in [1.29, 1.82) is 0 Å². The largest absolute Gasteiger partial charge is 0.466 e. The van der Waals surface area contributed by atoms with Gasteiger partial charge in [-0.1, -0.05) is 5.16 Å². The van der Waals surface area contributed by atoms with Crippen molar-refractivity contribution >= 4 is 23.4 Å². The molecule has 0 aliphatic carbocycles. The Morgan fingerprint density at radius 1 is 1.06 bits per heavy atom. The maximum atomic E-state index is 11.4. The van der Waals surface area contributed by atoms with E-state index in [1.165, 1.54) is 0 Å². The standard InChI is InChI=1S/C10H15NO6/c1-3-16-8(13)6-5-7(12)9(11-15)10(14)17-4-2/h15H,3-6H2,1-2H3. The molecular formula is C10H15NO6. The molecule has 0 radical (unpaired) electrons. The zero-order valence-corrected chi connectivity index (χ0v) is 9.76. The molecule has 1 N–H and O–H groups in total. The molecule has 0 aromatic carbocycles. The average Bonchev–Trinajstić information content (AvgIpc) is 2.28. The van der Waals surface area contributed by atoms with E-state index in [1.807, 2.05) is 0 Å². The number of hydrogen-bond donors (Lipinski definition) is 1. The third-order valence-electron chi connectivity index (χ3n) is 1.69. The maximum absolute atomic E-state index is 11.4. The topological polar surface area (TPSA) is 102 Å². The summed E-state index contributed by atoms with van der Waals surface area (Å²) in [6, 6.07) is 0. The molecule has 0 fully saturated rings. The molecule has 0 heterocycles. The van der Waals surface area contributed by atoms with Gasteiger partial charge in [0.05, 0.1) is 19.6 Å². The van der Waals surface area contributed by atoms with Gasteiger partial charge >= 0.3 is 11.9 Å². The number of ketones is 1. The van der Waals surface area contributed by atoms with E-state index in [0.717, 1.165) is 0 Å². The molecule has 0 aromatic rings. The van der Waals surface area contributed by atoms with Gasteiger partial charge < -0.3 is 14.7 Å². The Hall–Kier alpha value is -1.92. The van der Waals surface area contributed by atoms with Crippen LogP contribution in [0.25, 0.3) is 0 Å². The van der Waals surface area contributed by atoms with Crippen LogP contribution in [0.1, 0.15) is 26.7 Å². The minimum Gasteiger partial charge on any atom is -0.466 e. The Labute approximate surface area is 98.4 Å². The van der Waals surface area contributed by atoms with Crippen LogP contribution in [0.2, 0.25) is 0 Å². The fraction of sp³-hybridized carbons (Fsp3) is 0.600. The number of rotatable bonds is 7. The Bertz CT molecular complexity index is 323. The minimum absolute atomic E-state index is 0.0585. The van der Waals surface area contributed by atoms with Gasteiger partial charge in [0.25, 0.3) is 0 Å². The van der Waals surface area contributed by atoms with Crippen LogP contribution in [0, 0.1) is 0 Å². The highest BCUT2D eigenvalue weighted by molar-refractivity contribution is 6.64. The van der Waals surface area contributed by atoms with E-state index in [2.05, 4.69) is 14.6 Å².